The molecule has 0 radical (unpaired) electrons. The third kappa shape index (κ3) is 3.85. The average molecular weight is 305 g/mol. The number of nitrogens with one attached hydrogen (secondary N) is 1. The van der Waals surface area contributed by atoms with Crippen LogP contribution in [-0.2, 0) is 11.3 Å². The number of benzene rings is 1. The fraction of sp³-hybridized carbons (Fsp3) is 0.167. The van der Waals surface area contributed by atoms with Gasteiger partial charge in [0.1, 0.15) is 12.4 Å². The van der Waals surface area contributed by atoms with Crippen molar-refractivity contribution in [2.75, 3.05) is 5.32 Å². The van der Waals surface area contributed by atoms with Crippen molar-refractivity contribution in [3.8, 4) is 0 Å². The van der Waals surface area contributed by atoms with Gasteiger partial charge >= 0.3 is 5.69 Å². The molecule has 10 heteroatoms. The van der Waals surface area contributed by atoms with Gasteiger partial charge < -0.3 is 5.32 Å². The highest BCUT2D eigenvalue weighted by Gasteiger charge is 2.11. The zero-order valence-corrected chi connectivity index (χ0v) is 11.2. The smallest absolute Gasteiger partial charge is 0.306 e. The van der Waals surface area contributed by atoms with E-state index in [1.807, 2.05) is 0 Å². The molecular weight excluding hydrogens is 294 g/mol. The minimum absolute atomic E-state index is 0.0293. The van der Waals surface area contributed by atoms with Gasteiger partial charge in [-0.25, -0.2) is 0 Å². The molecule has 22 heavy (non-hydrogen) atoms. The van der Waals surface area contributed by atoms with Crippen LogP contribution in [0.5, 0.6) is 0 Å². The van der Waals surface area contributed by atoms with Crippen molar-refractivity contribution < 1.29 is 14.6 Å². The highest BCUT2D eigenvalue weighted by molar-refractivity contribution is 5.90. The van der Waals surface area contributed by atoms with E-state index < -0.39 is 9.85 Å². The molecule has 0 aliphatic heterocycles. The summed E-state index contributed by atoms with van der Waals surface area (Å²) in [6.07, 6.45) is 2.35. The van der Waals surface area contributed by atoms with Gasteiger partial charge in [-0.05, 0) is 6.07 Å². The molecule has 1 aromatic carbocycles. The molecule has 0 bridgehead atoms. The molecule has 0 saturated carbocycles. The number of hydrogen-bond donors (Lipinski definition) is 1. The molecule has 0 spiro atoms. The van der Waals surface area contributed by atoms with Crippen LogP contribution in [-0.4, -0.2) is 25.5 Å². The van der Waals surface area contributed by atoms with Crippen molar-refractivity contribution in [3.05, 3.63) is 56.9 Å². The molecule has 0 atom stereocenters. The number of aryl methyl sites for hydroxylation is 1. The number of nitro benzene ring substituents is 1. The summed E-state index contributed by atoms with van der Waals surface area (Å²) in [5.74, 6) is -0.376. The summed E-state index contributed by atoms with van der Waals surface area (Å²) in [6, 6.07) is 5.56. The summed E-state index contributed by atoms with van der Waals surface area (Å²) in [5.41, 5.74) is 0.0326. The fourth-order valence-electron chi connectivity index (χ4n) is 1.71. The lowest BCUT2D eigenvalue weighted by molar-refractivity contribution is -0.385. The minimum atomic E-state index is -0.577. The Hall–Kier alpha value is -3.30. The maximum atomic E-state index is 11.8. The van der Waals surface area contributed by atoms with Gasteiger partial charge in [0.25, 0.3) is 5.69 Å². The van der Waals surface area contributed by atoms with E-state index in [0.29, 0.717) is 5.69 Å². The first-order chi connectivity index (χ1) is 10.5. The molecule has 10 nitrogen and oxygen atoms in total. The van der Waals surface area contributed by atoms with E-state index in [0.717, 1.165) is 6.20 Å². The zero-order chi connectivity index (χ0) is 16.1. The predicted octanol–water partition coefficient (Wildman–Crippen LogP) is 1.73. The third-order valence-electron chi connectivity index (χ3n) is 2.74. The first-order valence-corrected chi connectivity index (χ1v) is 6.17. The van der Waals surface area contributed by atoms with Crippen LogP contribution in [0.2, 0.25) is 0 Å². The summed E-state index contributed by atoms with van der Waals surface area (Å²) in [5, 5.41) is 27.4. The molecule has 1 amide bonds. The Kier molecular flexibility index (Phi) is 4.41. The van der Waals surface area contributed by atoms with Gasteiger partial charge in [0.05, 0.1) is 9.85 Å². The first kappa shape index (κ1) is 15.1. The average Bonchev–Trinajstić information content (AvgIpc) is 2.94. The molecular formula is C12H11N5O5. The monoisotopic (exact) mass is 305 g/mol. The largest absolute Gasteiger partial charge is 0.326 e. The normalized spacial score (nSPS) is 10.2. The van der Waals surface area contributed by atoms with Crippen LogP contribution in [0.4, 0.5) is 17.1 Å². The van der Waals surface area contributed by atoms with Crippen LogP contribution in [0.3, 0.4) is 0 Å². The quantitative estimate of drug-likeness (QED) is 0.638. The van der Waals surface area contributed by atoms with Gasteiger partial charge in [0, 0.05) is 30.8 Å². The Morgan fingerprint density at radius 2 is 1.95 bits per heavy atom. The molecule has 0 aliphatic rings. The maximum Gasteiger partial charge on any atom is 0.306 e. The highest BCUT2D eigenvalue weighted by atomic mass is 16.6. The topological polar surface area (TPSA) is 133 Å². The highest BCUT2D eigenvalue weighted by Crippen LogP contribution is 2.17. The van der Waals surface area contributed by atoms with E-state index >= 15 is 0 Å². The van der Waals surface area contributed by atoms with Gasteiger partial charge in [-0.2, -0.15) is 5.10 Å². The second-order valence-electron chi connectivity index (χ2n) is 4.32. The molecule has 2 rings (SSSR count). The standard InChI is InChI=1S/C12H11N5O5/c18-12(4-5-15-8-11(7-13-15)17(21)22)14-9-2-1-3-10(6-9)16(19)20/h1-3,6-8H,4-5H2,(H,14,18). The number of anilines is 1. The van der Waals surface area contributed by atoms with Crippen LogP contribution in [0.25, 0.3) is 0 Å². The second-order valence-corrected chi connectivity index (χ2v) is 4.32. The van der Waals surface area contributed by atoms with E-state index in [1.54, 1.807) is 0 Å². The number of nitro groups is 2. The lowest BCUT2D eigenvalue weighted by atomic mass is 10.2. The minimum Gasteiger partial charge on any atom is -0.326 e. The van der Waals surface area contributed by atoms with Crippen molar-refractivity contribution >= 4 is 23.0 Å². The van der Waals surface area contributed by atoms with Crippen molar-refractivity contribution in [1.29, 1.82) is 0 Å². The van der Waals surface area contributed by atoms with Crippen LogP contribution >= 0.6 is 0 Å². The van der Waals surface area contributed by atoms with E-state index in [1.165, 1.54) is 35.1 Å². The van der Waals surface area contributed by atoms with Crippen LogP contribution in [0, 0.1) is 20.2 Å². The molecule has 0 fully saturated rings. The Bertz CT molecular complexity index is 726. The van der Waals surface area contributed by atoms with Crippen LogP contribution in [0.15, 0.2) is 36.7 Å². The Morgan fingerprint density at radius 1 is 1.23 bits per heavy atom. The first-order valence-electron chi connectivity index (χ1n) is 6.17. The van der Waals surface area contributed by atoms with Gasteiger partial charge in [0.15, 0.2) is 0 Å². The number of non-ortho nitro benzene ring substituents is 1. The lowest BCUT2D eigenvalue weighted by Crippen LogP contribution is -2.14. The summed E-state index contributed by atoms with van der Waals surface area (Å²) in [4.78, 5) is 31.7. The number of rotatable bonds is 6. The summed E-state index contributed by atoms with van der Waals surface area (Å²) < 4.78 is 1.28. The van der Waals surface area contributed by atoms with Crippen LogP contribution in [0.1, 0.15) is 6.42 Å². The molecule has 1 aromatic heterocycles. The van der Waals surface area contributed by atoms with E-state index in [4.69, 9.17) is 0 Å². The fourth-order valence-corrected chi connectivity index (χ4v) is 1.71. The van der Waals surface area contributed by atoms with Crippen LogP contribution < -0.4 is 5.32 Å². The number of nitrogens with zero attached hydrogens (tertiary/aromatic N) is 4. The maximum absolute atomic E-state index is 11.8. The number of hydrogen-bond acceptors (Lipinski definition) is 6. The van der Waals surface area contributed by atoms with E-state index in [9.17, 15) is 25.0 Å². The summed E-state index contributed by atoms with van der Waals surface area (Å²) in [6.45, 7) is 0.161. The molecule has 2 aromatic rings. The Morgan fingerprint density at radius 3 is 2.59 bits per heavy atom. The van der Waals surface area contributed by atoms with Gasteiger partial charge in [-0.3, -0.25) is 29.7 Å². The van der Waals surface area contributed by atoms with Gasteiger partial charge in [0.2, 0.25) is 5.91 Å². The summed E-state index contributed by atoms with van der Waals surface area (Å²) >= 11 is 0. The van der Waals surface area contributed by atoms with Crippen molar-refractivity contribution in [2.24, 2.45) is 0 Å². The van der Waals surface area contributed by atoms with Crippen molar-refractivity contribution in [3.63, 3.8) is 0 Å². The van der Waals surface area contributed by atoms with Gasteiger partial charge in [-0.15, -0.1) is 0 Å². The van der Waals surface area contributed by atoms with E-state index in [-0.39, 0.29) is 30.2 Å². The number of amides is 1. The third-order valence-corrected chi connectivity index (χ3v) is 2.74. The molecule has 1 heterocycles. The van der Waals surface area contributed by atoms with Gasteiger partial charge in [-0.1, -0.05) is 6.07 Å². The SMILES string of the molecule is O=C(CCn1cc([N+](=O)[O-])cn1)Nc1cccc([N+](=O)[O-])c1. The van der Waals surface area contributed by atoms with Crippen molar-refractivity contribution in [2.45, 2.75) is 13.0 Å². The van der Waals surface area contributed by atoms with Crippen molar-refractivity contribution in [1.82, 2.24) is 9.78 Å². The second kappa shape index (κ2) is 6.43. The number of aromatic nitrogens is 2. The Balaban J connectivity index is 1.91. The predicted molar refractivity (Wildman–Crippen MR) is 75.2 cm³/mol. The molecule has 0 saturated heterocycles. The Labute approximate surface area is 123 Å². The molecule has 1 N–H and O–H groups in total. The molecule has 0 aliphatic carbocycles. The summed E-state index contributed by atoms with van der Waals surface area (Å²) in [7, 11) is 0. The molecule has 0 unspecified atom stereocenters. The lowest BCUT2D eigenvalue weighted by Gasteiger charge is -2.05. The number of carbonyl (C=O) groups is 1. The van der Waals surface area contributed by atoms with E-state index in [2.05, 4.69) is 10.4 Å². The zero-order valence-electron chi connectivity index (χ0n) is 11.2. The molecule has 114 valence electrons. The number of carbonyl (C=O) groups excluding carboxylic acids is 1.